The first-order valence-electron chi connectivity index (χ1n) is 24.6. The maximum absolute atomic E-state index is 14.6. The number of aromatic nitrogens is 7. The highest BCUT2D eigenvalue weighted by atomic mass is 32.1. The molecule has 0 bridgehead atoms. The molecule has 5 aliphatic rings. The number of hydrogen-bond acceptors (Lipinski definition) is 14. The molecule has 5 aromatic rings. The first-order valence-corrected chi connectivity index (χ1v) is 25.5. The minimum Gasteiger partial charge on any atom is -0.477 e. The highest BCUT2D eigenvalue weighted by Crippen LogP contribution is 2.49. The van der Waals surface area contributed by atoms with Crippen LogP contribution in [0.5, 0.6) is 5.88 Å². The minimum atomic E-state index is -0.817. The number of likely N-dealkylation sites (tertiary alicyclic amines) is 2. The SMILES string of the molecule is Cc1ncsc1-c1ccc([C@H](C)NC(=O)[C@@H]2C[C@@H](O)CN2C(=O)[C@@H](n2cc(C3CCN(CC4(COc5ccnc(-c6noc7c6CCC[C@@]76CCCCC6=O)n5)CC4)CC3)nn2)C(C)(C)C)cc1. The molecule has 2 aliphatic heterocycles. The van der Waals surface area contributed by atoms with Crippen molar-refractivity contribution in [2.45, 2.75) is 147 Å². The van der Waals surface area contributed by atoms with E-state index in [9.17, 15) is 19.5 Å². The number of hydrogen-bond donors (Lipinski definition) is 2. The number of carbonyl (C=O) groups is 3. The molecule has 68 heavy (non-hydrogen) atoms. The van der Waals surface area contributed by atoms with Crippen LogP contribution in [0.1, 0.15) is 145 Å². The lowest BCUT2D eigenvalue weighted by Crippen LogP contribution is -2.50. The summed E-state index contributed by atoms with van der Waals surface area (Å²) >= 11 is 1.60. The van der Waals surface area contributed by atoms with E-state index in [0.717, 1.165) is 123 Å². The number of ether oxygens (including phenoxy) is 1. The van der Waals surface area contributed by atoms with Gasteiger partial charge in [0.25, 0.3) is 0 Å². The van der Waals surface area contributed by atoms with Crippen molar-refractivity contribution in [3.63, 3.8) is 0 Å². The van der Waals surface area contributed by atoms with E-state index in [2.05, 4.69) is 35.7 Å². The summed E-state index contributed by atoms with van der Waals surface area (Å²) in [6, 6.07) is 8.04. The number of aryl methyl sites for hydroxylation is 1. The Kier molecular flexibility index (Phi) is 12.6. The average molecular weight is 945 g/mol. The van der Waals surface area contributed by atoms with Crippen molar-refractivity contribution in [1.82, 2.24) is 50.2 Å². The Morgan fingerprint density at radius 3 is 2.53 bits per heavy atom. The first-order chi connectivity index (χ1) is 32.7. The Labute approximate surface area is 401 Å². The molecule has 2 N–H and O–H groups in total. The van der Waals surface area contributed by atoms with E-state index in [-0.39, 0.29) is 47.9 Å². The molecule has 1 spiro atoms. The zero-order chi connectivity index (χ0) is 47.4. The molecule has 10 rings (SSSR count). The first kappa shape index (κ1) is 46.3. The van der Waals surface area contributed by atoms with E-state index in [0.29, 0.717) is 30.4 Å². The Hall–Kier alpha value is -5.39. The van der Waals surface area contributed by atoms with Crippen LogP contribution in [0.2, 0.25) is 0 Å². The Morgan fingerprint density at radius 1 is 1.03 bits per heavy atom. The average Bonchev–Trinajstić information content (AvgIpc) is 3.80. The van der Waals surface area contributed by atoms with Gasteiger partial charge in [-0.25, -0.2) is 14.6 Å². The lowest BCUT2D eigenvalue weighted by atomic mass is 9.64. The number of nitrogens with one attached hydrogen (secondary N) is 1. The largest absolute Gasteiger partial charge is 0.477 e. The molecule has 4 fully saturated rings. The molecule has 6 heterocycles. The number of fused-ring (bicyclic) bond motifs is 2. The van der Waals surface area contributed by atoms with Gasteiger partial charge >= 0.3 is 0 Å². The van der Waals surface area contributed by atoms with Gasteiger partial charge in [-0.05, 0) is 101 Å². The van der Waals surface area contributed by atoms with Gasteiger partial charge in [0, 0.05) is 61.3 Å². The molecular formula is C51H64N10O6S. The maximum atomic E-state index is 14.6. The molecule has 16 nitrogen and oxygen atoms in total. The van der Waals surface area contributed by atoms with Crippen LogP contribution in [-0.4, -0.2) is 113 Å². The predicted octanol–water partition coefficient (Wildman–Crippen LogP) is 7.34. The second-order valence-electron chi connectivity index (χ2n) is 21.4. The van der Waals surface area contributed by atoms with Crippen LogP contribution in [0.4, 0.5) is 0 Å². The summed E-state index contributed by atoms with van der Waals surface area (Å²) in [6.45, 7) is 13.3. The van der Waals surface area contributed by atoms with Gasteiger partial charge in [0.2, 0.25) is 17.7 Å². The summed E-state index contributed by atoms with van der Waals surface area (Å²) in [4.78, 5) is 60.5. The van der Waals surface area contributed by atoms with Gasteiger partial charge in [-0.15, -0.1) is 16.4 Å². The number of thiazole rings is 1. The van der Waals surface area contributed by atoms with Gasteiger partial charge in [-0.2, -0.15) is 4.98 Å². The number of carbonyl (C=O) groups excluding carboxylic acids is 3. The molecular weight excluding hydrogens is 881 g/mol. The van der Waals surface area contributed by atoms with Crippen LogP contribution >= 0.6 is 11.3 Å². The highest BCUT2D eigenvalue weighted by molar-refractivity contribution is 7.13. The molecule has 2 amide bonds. The number of amides is 2. The third kappa shape index (κ3) is 9.13. The Balaban J connectivity index is 0.737. The van der Waals surface area contributed by atoms with Gasteiger partial charge in [-0.3, -0.25) is 14.4 Å². The molecule has 2 saturated carbocycles. The summed E-state index contributed by atoms with van der Waals surface area (Å²) < 4.78 is 14.0. The van der Waals surface area contributed by atoms with Gasteiger partial charge in [0.15, 0.2) is 17.3 Å². The second kappa shape index (κ2) is 18.5. The second-order valence-corrected chi connectivity index (χ2v) is 22.2. The van der Waals surface area contributed by atoms with Crippen LogP contribution in [0, 0.1) is 17.8 Å². The molecule has 1 aromatic carbocycles. The summed E-state index contributed by atoms with van der Waals surface area (Å²) in [5.74, 6) is 1.65. The van der Waals surface area contributed by atoms with Crippen LogP contribution in [0.3, 0.4) is 0 Å². The van der Waals surface area contributed by atoms with E-state index in [1.165, 1.54) is 4.90 Å². The zero-order valence-electron chi connectivity index (χ0n) is 39.9. The number of piperidine rings is 1. The standard InChI is InChI=1S/C51H64N10O6S/c1-31(33-11-13-35(14-12-33)43-32(2)53-30-68-43)54-47(64)39-25-36(62)26-60(39)48(65)44(49(3,4)5)61-27-38(56-58-61)34-16-23-59(24-17-34)28-50(20-21-50)29-66-41-15-22-52-46(55-41)42-37-9-8-19-51(45(37)67-57-42)18-7-6-10-40(51)63/h11-15,22,27,30-31,34,36,39,44,62H,6-10,16-21,23-26,28-29H2,1-5H3,(H,54,64)/t31-,36+,39-,44+,51+/m0/s1. The fraction of sp³-hybridized carbons (Fsp3) is 0.588. The number of aliphatic hydroxyl groups excluding tert-OH is 1. The molecule has 0 radical (unpaired) electrons. The quantitative estimate of drug-likeness (QED) is 0.119. The smallest absolute Gasteiger partial charge is 0.248 e. The maximum Gasteiger partial charge on any atom is 0.248 e. The number of Topliss-reactive ketones (excluding diaryl/α,β-unsaturated/α-hetero) is 1. The number of nitrogens with zero attached hydrogens (tertiary/aromatic N) is 9. The minimum absolute atomic E-state index is 0.0608. The number of rotatable bonds is 13. The molecule has 360 valence electrons. The molecule has 0 unspecified atom stereocenters. The normalized spacial score (nSPS) is 23.9. The van der Waals surface area contributed by atoms with Crippen molar-refractivity contribution in [1.29, 1.82) is 0 Å². The van der Waals surface area contributed by atoms with Crippen LogP contribution in [0.25, 0.3) is 22.0 Å². The molecule has 4 aromatic heterocycles. The Morgan fingerprint density at radius 2 is 1.81 bits per heavy atom. The lowest BCUT2D eigenvalue weighted by Gasteiger charge is -2.36. The molecule has 5 atom stereocenters. The number of β-amino-alcohol motifs (C(OH)–C–C–N with tert-alkyl or cyclic N) is 1. The van der Waals surface area contributed by atoms with Crippen molar-refractivity contribution in [2.75, 3.05) is 32.8 Å². The van der Waals surface area contributed by atoms with E-state index >= 15 is 0 Å². The van der Waals surface area contributed by atoms with Crippen LogP contribution in [-0.2, 0) is 26.2 Å². The number of benzene rings is 1. The summed E-state index contributed by atoms with van der Waals surface area (Å²) in [5.41, 5.74) is 6.26. The third-order valence-corrected chi connectivity index (χ3v) is 16.4. The highest BCUT2D eigenvalue weighted by Gasteiger charge is 2.50. The van der Waals surface area contributed by atoms with Crippen LogP contribution in [0.15, 0.2) is 52.8 Å². The van der Waals surface area contributed by atoms with E-state index < -0.39 is 29.0 Å². The van der Waals surface area contributed by atoms with Crippen molar-refractivity contribution in [2.24, 2.45) is 10.8 Å². The van der Waals surface area contributed by atoms with E-state index in [1.807, 2.05) is 70.6 Å². The lowest BCUT2D eigenvalue weighted by molar-refractivity contribution is -0.144. The van der Waals surface area contributed by atoms with E-state index in [1.54, 1.807) is 28.3 Å². The Bertz CT molecular complexity index is 2640. The summed E-state index contributed by atoms with van der Waals surface area (Å²) in [5, 5.41) is 27.6. The van der Waals surface area contributed by atoms with E-state index in [4.69, 9.17) is 14.2 Å². The third-order valence-electron chi connectivity index (χ3n) is 15.4. The van der Waals surface area contributed by atoms with Crippen molar-refractivity contribution < 1.29 is 28.8 Å². The summed E-state index contributed by atoms with van der Waals surface area (Å²) in [7, 11) is 0. The van der Waals surface area contributed by atoms with Crippen molar-refractivity contribution in [3.05, 3.63) is 76.5 Å². The zero-order valence-corrected chi connectivity index (χ0v) is 40.8. The van der Waals surface area contributed by atoms with Gasteiger partial charge in [-0.1, -0.05) is 61.8 Å². The molecule has 17 heteroatoms. The molecule has 2 saturated heterocycles. The molecule has 3 aliphatic carbocycles. The van der Waals surface area contributed by atoms with Crippen molar-refractivity contribution >= 4 is 28.9 Å². The van der Waals surface area contributed by atoms with Gasteiger partial charge in [0.05, 0.1) is 45.9 Å². The van der Waals surface area contributed by atoms with Gasteiger partial charge in [0.1, 0.15) is 17.9 Å². The monoisotopic (exact) mass is 944 g/mol. The van der Waals surface area contributed by atoms with Gasteiger partial charge < -0.3 is 29.5 Å². The predicted molar refractivity (Wildman–Crippen MR) is 255 cm³/mol. The fourth-order valence-corrected chi connectivity index (χ4v) is 12.2. The summed E-state index contributed by atoms with van der Waals surface area (Å²) in [6.07, 6.45) is 12.9. The number of aliphatic hydroxyl groups is 1. The topological polar surface area (TPSA) is 195 Å². The number of ketones is 1. The van der Waals surface area contributed by atoms with Crippen molar-refractivity contribution in [3.8, 4) is 27.8 Å². The van der Waals surface area contributed by atoms with Crippen LogP contribution < -0.4 is 10.1 Å². The fourth-order valence-electron chi connectivity index (χ4n) is 11.4.